The van der Waals surface area contributed by atoms with Crippen LogP contribution in [0.4, 0.5) is 0 Å². The van der Waals surface area contributed by atoms with Gasteiger partial charge in [-0.15, -0.1) is 12.6 Å². The number of ether oxygens (including phenoxy) is 1. The molecule has 88 valence electrons. The van der Waals surface area contributed by atoms with Gasteiger partial charge in [0.05, 0.1) is 11.5 Å². The lowest BCUT2D eigenvalue weighted by Gasteiger charge is -2.10. The standard InChI is InChI=1S/C10H12O4S2/c1-2-14-9(11)10(15)16(12,13)8-6-4-3-5-7-8/h3-7,10,15H,2H2,1H3. The molecule has 0 aromatic heterocycles. The van der Waals surface area contributed by atoms with E-state index in [9.17, 15) is 13.2 Å². The van der Waals surface area contributed by atoms with Gasteiger partial charge in [-0.1, -0.05) is 18.2 Å². The largest absolute Gasteiger partial charge is 0.464 e. The summed E-state index contributed by atoms with van der Waals surface area (Å²) in [5.74, 6) is -0.852. The zero-order valence-electron chi connectivity index (χ0n) is 8.66. The zero-order chi connectivity index (χ0) is 12.2. The maximum Gasteiger partial charge on any atom is 0.334 e. The molecule has 1 rings (SSSR count). The molecule has 0 spiro atoms. The van der Waals surface area contributed by atoms with Crippen LogP contribution in [0, 0.1) is 0 Å². The molecule has 0 saturated heterocycles. The summed E-state index contributed by atoms with van der Waals surface area (Å²) in [6.45, 7) is 1.73. The molecule has 0 N–H and O–H groups in total. The minimum atomic E-state index is -3.77. The molecule has 0 saturated carbocycles. The summed E-state index contributed by atoms with van der Waals surface area (Å²) in [5.41, 5.74) is 0. The number of hydrogen-bond donors (Lipinski definition) is 1. The minimum absolute atomic E-state index is 0.0584. The third-order valence-electron chi connectivity index (χ3n) is 1.85. The fraction of sp³-hybridized carbons (Fsp3) is 0.300. The summed E-state index contributed by atoms with van der Waals surface area (Å²) in [6.07, 6.45) is 0. The van der Waals surface area contributed by atoms with Gasteiger partial charge in [0.25, 0.3) is 0 Å². The van der Waals surface area contributed by atoms with Crippen LogP contribution in [0.2, 0.25) is 0 Å². The van der Waals surface area contributed by atoms with Crippen molar-refractivity contribution in [3.8, 4) is 0 Å². The first kappa shape index (κ1) is 13.1. The molecule has 0 aliphatic carbocycles. The first-order chi connectivity index (χ1) is 7.50. The third-order valence-corrected chi connectivity index (χ3v) is 4.61. The van der Waals surface area contributed by atoms with Crippen LogP contribution in [0.15, 0.2) is 35.2 Å². The number of carbonyl (C=O) groups is 1. The smallest absolute Gasteiger partial charge is 0.334 e. The molecule has 1 aromatic carbocycles. The van der Waals surface area contributed by atoms with Crippen LogP contribution in [0.1, 0.15) is 6.92 Å². The van der Waals surface area contributed by atoms with Crippen LogP contribution < -0.4 is 0 Å². The molecule has 4 nitrogen and oxygen atoms in total. The number of esters is 1. The predicted octanol–water partition coefficient (Wildman–Crippen LogP) is 1.28. The van der Waals surface area contributed by atoms with E-state index >= 15 is 0 Å². The Kier molecular flexibility index (Phi) is 4.37. The maximum absolute atomic E-state index is 11.9. The first-order valence-electron chi connectivity index (χ1n) is 4.63. The highest BCUT2D eigenvalue weighted by Crippen LogP contribution is 2.19. The second-order valence-electron chi connectivity index (χ2n) is 2.96. The topological polar surface area (TPSA) is 60.4 Å². The van der Waals surface area contributed by atoms with E-state index in [0.29, 0.717) is 0 Å². The lowest BCUT2D eigenvalue weighted by molar-refractivity contribution is -0.140. The van der Waals surface area contributed by atoms with Crippen molar-refractivity contribution < 1.29 is 17.9 Å². The predicted molar refractivity (Wildman–Crippen MR) is 63.0 cm³/mol. The molecule has 0 amide bonds. The molecule has 0 fully saturated rings. The average molecular weight is 260 g/mol. The average Bonchev–Trinajstić information content (AvgIpc) is 2.29. The summed E-state index contributed by atoms with van der Waals surface area (Å²) in [6, 6.07) is 7.68. The summed E-state index contributed by atoms with van der Waals surface area (Å²) >= 11 is 3.79. The number of rotatable bonds is 4. The lowest BCUT2D eigenvalue weighted by atomic mass is 10.4. The van der Waals surface area contributed by atoms with E-state index in [-0.39, 0.29) is 11.5 Å². The molecule has 1 unspecified atom stereocenters. The number of thiol groups is 1. The van der Waals surface area contributed by atoms with Crippen molar-refractivity contribution >= 4 is 28.4 Å². The number of benzene rings is 1. The van der Waals surface area contributed by atoms with Crippen LogP contribution in [0.25, 0.3) is 0 Å². The van der Waals surface area contributed by atoms with Crippen molar-refractivity contribution in [2.75, 3.05) is 6.61 Å². The Morgan fingerprint density at radius 3 is 2.44 bits per heavy atom. The Morgan fingerprint density at radius 1 is 1.38 bits per heavy atom. The molecule has 0 radical (unpaired) electrons. The van der Waals surface area contributed by atoms with Gasteiger partial charge in [0, 0.05) is 0 Å². The van der Waals surface area contributed by atoms with E-state index in [4.69, 9.17) is 0 Å². The van der Waals surface area contributed by atoms with Crippen molar-refractivity contribution in [1.29, 1.82) is 0 Å². The molecule has 16 heavy (non-hydrogen) atoms. The van der Waals surface area contributed by atoms with Crippen molar-refractivity contribution in [3.05, 3.63) is 30.3 Å². The zero-order valence-corrected chi connectivity index (χ0v) is 10.4. The molecule has 0 bridgehead atoms. The second kappa shape index (κ2) is 5.36. The van der Waals surface area contributed by atoms with Gasteiger partial charge in [0.2, 0.25) is 14.4 Å². The van der Waals surface area contributed by atoms with Crippen molar-refractivity contribution in [1.82, 2.24) is 0 Å². The van der Waals surface area contributed by atoms with Gasteiger partial charge in [-0.05, 0) is 19.1 Å². The Labute approximate surface area is 99.9 Å². The highest BCUT2D eigenvalue weighted by atomic mass is 32.2. The fourth-order valence-corrected chi connectivity index (χ4v) is 2.63. The van der Waals surface area contributed by atoms with Gasteiger partial charge < -0.3 is 4.74 Å². The quantitative estimate of drug-likeness (QED) is 0.654. The Bertz CT molecular complexity index is 453. The fourth-order valence-electron chi connectivity index (χ4n) is 1.08. The highest BCUT2D eigenvalue weighted by Gasteiger charge is 2.31. The van der Waals surface area contributed by atoms with E-state index in [2.05, 4.69) is 17.4 Å². The molecule has 6 heteroatoms. The van der Waals surface area contributed by atoms with Crippen LogP contribution >= 0.6 is 12.6 Å². The van der Waals surface area contributed by atoms with Gasteiger partial charge in [-0.2, -0.15) is 0 Å². The Hall–Kier alpha value is -1.01. The van der Waals surface area contributed by atoms with Crippen molar-refractivity contribution in [2.24, 2.45) is 0 Å². The highest BCUT2D eigenvalue weighted by molar-refractivity contribution is 8.06. The molecule has 1 aromatic rings. The molecular formula is C10H12O4S2. The van der Waals surface area contributed by atoms with E-state index < -0.39 is 20.4 Å². The molecule has 1 atom stereocenters. The SMILES string of the molecule is CCOC(=O)C(S)S(=O)(=O)c1ccccc1. The third kappa shape index (κ3) is 2.76. The lowest BCUT2D eigenvalue weighted by Crippen LogP contribution is -2.27. The summed E-state index contributed by atoms with van der Waals surface area (Å²) in [5, 5.41) is 0. The normalized spacial score (nSPS) is 13.1. The van der Waals surface area contributed by atoms with Gasteiger partial charge in [0.15, 0.2) is 0 Å². The van der Waals surface area contributed by atoms with E-state index in [1.54, 1.807) is 25.1 Å². The van der Waals surface area contributed by atoms with Crippen LogP contribution in [0.3, 0.4) is 0 Å². The van der Waals surface area contributed by atoms with Gasteiger partial charge in [-0.25, -0.2) is 13.2 Å². The number of carbonyl (C=O) groups excluding carboxylic acids is 1. The van der Waals surface area contributed by atoms with Crippen molar-refractivity contribution in [2.45, 2.75) is 16.4 Å². The van der Waals surface area contributed by atoms with E-state index in [1.807, 2.05) is 0 Å². The molecule has 0 aliphatic heterocycles. The van der Waals surface area contributed by atoms with Gasteiger partial charge in [0.1, 0.15) is 0 Å². The van der Waals surface area contributed by atoms with Crippen LogP contribution in [0.5, 0.6) is 0 Å². The van der Waals surface area contributed by atoms with E-state index in [1.165, 1.54) is 12.1 Å². The van der Waals surface area contributed by atoms with Gasteiger partial charge in [-0.3, -0.25) is 0 Å². The monoisotopic (exact) mass is 260 g/mol. The number of hydrogen-bond acceptors (Lipinski definition) is 5. The van der Waals surface area contributed by atoms with Gasteiger partial charge >= 0.3 is 5.97 Å². The van der Waals surface area contributed by atoms with Crippen LogP contribution in [-0.2, 0) is 19.4 Å². The Morgan fingerprint density at radius 2 is 1.94 bits per heavy atom. The molecular weight excluding hydrogens is 248 g/mol. The first-order valence-corrected chi connectivity index (χ1v) is 6.70. The maximum atomic E-state index is 11.9. The second-order valence-corrected chi connectivity index (χ2v) is 5.86. The van der Waals surface area contributed by atoms with Crippen molar-refractivity contribution in [3.63, 3.8) is 0 Å². The minimum Gasteiger partial charge on any atom is -0.464 e. The van der Waals surface area contributed by atoms with Crippen LogP contribution in [-0.4, -0.2) is 25.6 Å². The molecule has 0 aliphatic rings. The summed E-state index contributed by atoms with van der Waals surface area (Å²) < 4.78 is 26.9. The number of sulfone groups is 1. The molecule has 0 heterocycles. The summed E-state index contributed by atoms with van der Waals surface area (Å²) in [7, 11) is -3.77. The summed E-state index contributed by atoms with van der Waals surface area (Å²) in [4.78, 5) is 11.3. The van der Waals surface area contributed by atoms with E-state index in [0.717, 1.165) is 0 Å². The Balaban J connectivity index is 2.99.